The van der Waals surface area contributed by atoms with Crippen LogP contribution in [0.1, 0.15) is 18.1 Å². The van der Waals surface area contributed by atoms with Crippen LogP contribution in [0.25, 0.3) is 0 Å². The minimum absolute atomic E-state index is 0.0131. The van der Waals surface area contributed by atoms with Gasteiger partial charge in [0.15, 0.2) is 0 Å². The number of ether oxygens (including phenoxy) is 1. The second-order valence-electron chi connectivity index (χ2n) is 4.43. The number of carbonyl (C=O) groups excluding carboxylic acids is 1. The molecule has 1 aromatic carbocycles. The number of hydrogen-bond donors (Lipinski definition) is 0. The summed E-state index contributed by atoms with van der Waals surface area (Å²) in [6, 6.07) is 8.22. The largest absolute Gasteiger partial charge is 0.380 e. The Kier molecular flexibility index (Phi) is 8.00. The molecule has 4 heteroatoms. The zero-order valence-electron chi connectivity index (χ0n) is 12.1. The van der Waals surface area contributed by atoms with Crippen molar-refractivity contribution in [2.24, 2.45) is 0 Å². The van der Waals surface area contributed by atoms with Crippen molar-refractivity contribution in [2.75, 3.05) is 25.6 Å². The van der Waals surface area contributed by atoms with Gasteiger partial charge >= 0.3 is 0 Å². The van der Waals surface area contributed by atoms with Gasteiger partial charge in [-0.05, 0) is 31.4 Å². The van der Waals surface area contributed by atoms with Crippen LogP contribution in [0, 0.1) is 6.92 Å². The molecule has 0 aliphatic carbocycles. The first-order valence-corrected chi connectivity index (χ1v) is 7.36. The first-order valence-electron chi connectivity index (χ1n) is 6.83. The fourth-order valence-corrected chi connectivity index (χ4v) is 1.97. The highest BCUT2D eigenvalue weighted by Crippen LogP contribution is 2.08. The summed E-state index contributed by atoms with van der Waals surface area (Å²) >= 11 is 5.61. The number of allylic oxidation sites excluding steroid dienone is 1. The van der Waals surface area contributed by atoms with E-state index in [1.165, 1.54) is 11.1 Å². The Morgan fingerprint density at radius 2 is 2.15 bits per heavy atom. The van der Waals surface area contributed by atoms with E-state index < -0.39 is 0 Å². The zero-order chi connectivity index (χ0) is 14.8. The summed E-state index contributed by atoms with van der Waals surface area (Å²) in [5.41, 5.74) is 2.51. The average Bonchev–Trinajstić information content (AvgIpc) is 2.47. The Hall–Kier alpha value is -1.32. The van der Waals surface area contributed by atoms with Crippen LogP contribution in [-0.4, -0.2) is 36.4 Å². The molecule has 0 aliphatic rings. The van der Waals surface area contributed by atoms with Gasteiger partial charge in [-0.2, -0.15) is 0 Å². The molecule has 1 rings (SSSR count). The van der Waals surface area contributed by atoms with Crippen LogP contribution in [-0.2, 0) is 16.0 Å². The molecule has 20 heavy (non-hydrogen) atoms. The number of hydrogen-bond acceptors (Lipinski definition) is 2. The number of amides is 1. The Labute approximate surface area is 126 Å². The second kappa shape index (κ2) is 9.56. The molecule has 0 bridgehead atoms. The zero-order valence-corrected chi connectivity index (χ0v) is 12.9. The Morgan fingerprint density at radius 3 is 2.80 bits per heavy atom. The number of halogens is 1. The van der Waals surface area contributed by atoms with Gasteiger partial charge in [-0.1, -0.05) is 30.3 Å². The van der Waals surface area contributed by atoms with Crippen LogP contribution in [0.5, 0.6) is 0 Å². The van der Waals surface area contributed by atoms with Crippen LogP contribution in [0.4, 0.5) is 0 Å². The summed E-state index contributed by atoms with van der Waals surface area (Å²) in [5, 5.41) is 0. The third-order valence-electron chi connectivity index (χ3n) is 3.00. The number of aryl methyl sites for hydroxylation is 1. The fraction of sp³-hybridized carbons (Fsp3) is 0.438. The lowest BCUT2D eigenvalue weighted by Gasteiger charge is -2.17. The van der Waals surface area contributed by atoms with Crippen molar-refractivity contribution in [3.05, 3.63) is 47.7 Å². The van der Waals surface area contributed by atoms with Crippen LogP contribution in [0.3, 0.4) is 0 Å². The highest BCUT2D eigenvalue weighted by Gasteiger charge is 2.08. The van der Waals surface area contributed by atoms with E-state index in [0.29, 0.717) is 19.8 Å². The molecule has 0 atom stereocenters. The van der Waals surface area contributed by atoms with Crippen molar-refractivity contribution in [1.82, 2.24) is 4.90 Å². The molecule has 1 amide bonds. The predicted molar refractivity (Wildman–Crippen MR) is 82.9 cm³/mol. The molecule has 1 aromatic rings. The number of benzene rings is 1. The molecule has 0 aliphatic heterocycles. The molecule has 0 fully saturated rings. The summed E-state index contributed by atoms with van der Waals surface area (Å²) in [4.78, 5) is 13.3. The molecule has 110 valence electrons. The first kappa shape index (κ1) is 16.7. The van der Waals surface area contributed by atoms with Crippen molar-refractivity contribution in [2.45, 2.75) is 20.3 Å². The molecule has 3 nitrogen and oxygen atoms in total. The molecule has 0 aromatic heterocycles. The smallest absolute Gasteiger partial charge is 0.241 e. The van der Waals surface area contributed by atoms with Gasteiger partial charge < -0.3 is 9.64 Å². The highest BCUT2D eigenvalue weighted by molar-refractivity contribution is 6.27. The third kappa shape index (κ3) is 5.76. The van der Waals surface area contributed by atoms with E-state index in [2.05, 4.69) is 19.1 Å². The third-order valence-corrected chi connectivity index (χ3v) is 3.23. The highest BCUT2D eigenvalue weighted by atomic mass is 35.5. The first-order chi connectivity index (χ1) is 9.69. The fourth-order valence-electron chi connectivity index (χ4n) is 1.81. The average molecular weight is 296 g/mol. The maximum absolute atomic E-state index is 11.7. The van der Waals surface area contributed by atoms with Crippen LogP contribution in [0.15, 0.2) is 36.5 Å². The monoisotopic (exact) mass is 295 g/mol. The lowest BCUT2D eigenvalue weighted by molar-refractivity contribution is -0.126. The van der Waals surface area contributed by atoms with Gasteiger partial charge in [0.1, 0.15) is 5.88 Å². The van der Waals surface area contributed by atoms with E-state index in [0.717, 1.165) is 6.42 Å². The molecule has 0 saturated carbocycles. The Balaban J connectivity index is 2.57. The Morgan fingerprint density at radius 1 is 1.40 bits per heavy atom. The number of alkyl halides is 1. The Bertz CT molecular complexity index is 446. The summed E-state index contributed by atoms with van der Waals surface area (Å²) < 4.78 is 5.27. The van der Waals surface area contributed by atoms with Gasteiger partial charge in [-0.25, -0.2) is 0 Å². The predicted octanol–water partition coefficient (Wildman–Crippen LogP) is 3.16. The van der Waals surface area contributed by atoms with Crippen molar-refractivity contribution in [3.8, 4) is 0 Å². The summed E-state index contributed by atoms with van der Waals surface area (Å²) in [5.74, 6) is -0.117. The summed E-state index contributed by atoms with van der Waals surface area (Å²) in [6.07, 6.45) is 4.59. The molecule has 0 spiro atoms. The molecule has 0 radical (unpaired) electrons. The second-order valence-corrected chi connectivity index (χ2v) is 4.70. The van der Waals surface area contributed by atoms with Gasteiger partial charge in [-0.3, -0.25) is 4.79 Å². The van der Waals surface area contributed by atoms with Gasteiger partial charge in [0.05, 0.1) is 6.61 Å². The summed E-state index contributed by atoms with van der Waals surface area (Å²) in [7, 11) is 0. The van der Waals surface area contributed by atoms with Gasteiger partial charge in [0.2, 0.25) is 5.91 Å². The van der Waals surface area contributed by atoms with Crippen molar-refractivity contribution in [3.63, 3.8) is 0 Å². The lowest BCUT2D eigenvalue weighted by atomic mass is 10.1. The maximum atomic E-state index is 11.7. The number of carbonyl (C=O) groups is 1. The molecule has 0 heterocycles. The summed E-state index contributed by atoms with van der Waals surface area (Å²) in [6.45, 7) is 5.72. The molecule has 0 unspecified atom stereocenters. The van der Waals surface area contributed by atoms with Crippen LogP contribution >= 0.6 is 11.6 Å². The van der Waals surface area contributed by atoms with E-state index in [4.69, 9.17) is 16.3 Å². The van der Waals surface area contributed by atoms with Crippen LogP contribution in [0.2, 0.25) is 0 Å². The van der Waals surface area contributed by atoms with Gasteiger partial charge in [0, 0.05) is 19.4 Å². The number of rotatable bonds is 8. The number of nitrogens with zero attached hydrogens (tertiary/aromatic N) is 1. The van der Waals surface area contributed by atoms with E-state index in [1.807, 2.05) is 25.1 Å². The van der Waals surface area contributed by atoms with Crippen molar-refractivity contribution < 1.29 is 9.53 Å². The molecular weight excluding hydrogens is 274 g/mol. The van der Waals surface area contributed by atoms with E-state index in [-0.39, 0.29) is 11.8 Å². The van der Waals surface area contributed by atoms with Gasteiger partial charge in [-0.15, -0.1) is 11.6 Å². The van der Waals surface area contributed by atoms with E-state index in [1.54, 1.807) is 11.1 Å². The molecular formula is C16H22ClNO2. The quantitative estimate of drug-likeness (QED) is 0.545. The van der Waals surface area contributed by atoms with Crippen molar-refractivity contribution >= 4 is 17.5 Å². The van der Waals surface area contributed by atoms with Gasteiger partial charge in [0.25, 0.3) is 0 Å². The standard InChI is InChI=1S/C16H22ClNO2/c1-3-20-12-11-18(16(19)13-17)10-6-9-15-8-5-4-7-14(15)2/h4-8,10H,3,9,11-13H2,1-2H3. The minimum atomic E-state index is -0.104. The topological polar surface area (TPSA) is 29.5 Å². The van der Waals surface area contributed by atoms with Crippen LogP contribution < -0.4 is 0 Å². The van der Waals surface area contributed by atoms with Crippen molar-refractivity contribution in [1.29, 1.82) is 0 Å². The van der Waals surface area contributed by atoms with E-state index >= 15 is 0 Å². The normalized spacial score (nSPS) is 10.9. The SMILES string of the molecule is CCOCCN(C=CCc1ccccc1C)C(=O)CCl. The minimum Gasteiger partial charge on any atom is -0.380 e. The maximum Gasteiger partial charge on any atom is 0.241 e. The van der Waals surface area contributed by atoms with E-state index in [9.17, 15) is 4.79 Å². The lowest BCUT2D eigenvalue weighted by Crippen LogP contribution is -2.30. The molecule has 0 N–H and O–H groups in total. The molecule has 0 saturated heterocycles.